The van der Waals surface area contributed by atoms with Crippen LogP contribution in [0.1, 0.15) is 12.5 Å². The molecule has 4 aromatic rings. The van der Waals surface area contributed by atoms with Gasteiger partial charge in [0.2, 0.25) is 0 Å². The molecule has 0 fully saturated rings. The van der Waals surface area contributed by atoms with Gasteiger partial charge in [0.25, 0.3) is 5.91 Å². The highest BCUT2D eigenvalue weighted by molar-refractivity contribution is 9.10. The average molecular weight is 641 g/mol. The van der Waals surface area contributed by atoms with Crippen molar-refractivity contribution in [2.75, 3.05) is 19.0 Å². The number of halogens is 1. The number of hydrogen-bond donors (Lipinski definition) is 1. The third-order valence-electron chi connectivity index (χ3n) is 5.34. The van der Waals surface area contributed by atoms with Gasteiger partial charge in [-0.05, 0) is 70.9 Å². The Morgan fingerprint density at radius 3 is 2.52 bits per heavy atom. The van der Waals surface area contributed by atoms with Gasteiger partial charge < -0.3 is 13.7 Å². The maximum atomic E-state index is 12.9. The quantitative estimate of drug-likeness (QED) is 0.122. The van der Waals surface area contributed by atoms with Crippen LogP contribution < -0.4 is 19.0 Å². The first-order valence-electron chi connectivity index (χ1n) is 11.7. The molecular weight excluding hydrogens is 618 g/mol. The van der Waals surface area contributed by atoms with Crippen molar-refractivity contribution in [2.24, 2.45) is 0 Å². The number of amides is 1. The summed E-state index contributed by atoms with van der Waals surface area (Å²) in [5.74, 6) is -0.123. The number of ether oxygens (including phenoxy) is 2. The van der Waals surface area contributed by atoms with Crippen LogP contribution >= 0.6 is 27.3 Å². The Labute approximate surface area is 243 Å². The molecule has 0 aliphatic carbocycles. The molecule has 1 aromatic heterocycles. The summed E-state index contributed by atoms with van der Waals surface area (Å²) in [6.45, 7) is 1.93. The van der Waals surface area contributed by atoms with Crippen LogP contribution in [-0.2, 0) is 14.9 Å². The predicted octanol–water partition coefficient (Wildman–Crippen LogP) is 6.29. The molecule has 0 aliphatic rings. The van der Waals surface area contributed by atoms with E-state index < -0.39 is 16.0 Å². The fraction of sp³-hybridized carbons (Fsp3) is 0.107. The number of nitriles is 1. The first-order chi connectivity index (χ1) is 19.2. The van der Waals surface area contributed by atoms with Gasteiger partial charge in [-0.25, -0.2) is 4.98 Å². The number of methoxy groups -OCH3 is 1. The Morgan fingerprint density at radius 2 is 1.88 bits per heavy atom. The predicted molar refractivity (Wildman–Crippen MR) is 156 cm³/mol. The van der Waals surface area contributed by atoms with Crippen molar-refractivity contribution in [1.82, 2.24) is 4.98 Å². The molecule has 1 amide bonds. The van der Waals surface area contributed by atoms with E-state index in [1.807, 2.05) is 41.8 Å². The highest BCUT2D eigenvalue weighted by Crippen LogP contribution is 2.39. The van der Waals surface area contributed by atoms with E-state index in [9.17, 15) is 18.5 Å². The minimum absolute atomic E-state index is 0.0750. The summed E-state index contributed by atoms with van der Waals surface area (Å²) in [4.78, 5) is 17.2. The number of benzene rings is 3. The first kappa shape index (κ1) is 28.8. The molecule has 3 aromatic carbocycles. The summed E-state index contributed by atoms with van der Waals surface area (Å²) in [6, 6.07) is 20.1. The van der Waals surface area contributed by atoms with Gasteiger partial charge in [0, 0.05) is 10.9 Å². The number of carbonyl (C=O) groups excluding carboxylic acids is 1. The van der Waals surface area contributed by atoms with Crippen LogP contribution in [0.4, 0.5) is 5.13 Å². The van der Waals surface area contributed by atoms with Crippen molar-refractivity contribution in [2.45, 2.75) is 11.8 Å². The summed E-state index contributed by atoms with van der Waals surface area (Å²) in [7, 11) is -2.74. The maximum Gasteiger partial charge on any atom is 0.339 e. The largest absolute Gasteiger partial charge is 0.497 e. The average Bonchev–Trinajstić information content (AvgIpc) is 3.42. The second kappa shape index (κ2) is 12.8. The molecule has 0 radical (unpaired) electrons. The molecule has 1 N–H and O–H groups in total. The molecule has 4 rings (SSSR count). The number of anilines is 1. The van der Waals surface area contributed by atoms with E-state index in [1.54, 1.807) is 6.92 Å². The summed E-state index contributed by atoms with van der Waals surface area (Å²) >= 11 is 4.57. The normalized spacial score (nSPS) is 11.4. The van der Waals surface area contributed by atoms with Crippen molar-refractivity contribution in [3.8, 4) is 34.6 Å². The van der Waals surface area contributed by atoms with E-state index >= 15 is 0 Å². The molecule has 0 spiro atoms. The molecule has 9 nitrogen and oxygen atoms in total. The summed E-state index contributed by atoms with van der Waals surface area (Å²) < 4.78 is 42.2. The zero-order valence-electron chi connectivity index (χ0n) is 21.3. The number of nitrogens with zero attached hydrogens (tertiary/aromatic N) is 2. The molecule has 204 valence electrons. The number of hydrogen-bond acceptors (Lipinski definition) is 9. The molecule has 0 bridgehead atoms. The first-order valence-corrected chi connectivity index (χ1v) is 14.8. The number of thiazole rings is 1. The Kier molecular flexibility index (Phi) is 9.21. The lowest BCUT2D eigenvalue weighted by molar-refractivity contribution is -0.112. The number of carbonyl (C=O) groups is 1. The van der Waals surface area contributed by atoms with Crippen LogP contribution in [0.2, 0.25) is 0 Å². The van der Waals surface area contributed by atoms with E-state index in [2.05, 4.69) is 26.2 Å². The van der Waals surface area contributed by atoms with Crippen LogP contribution in [0.25, 0.3) is 17.3 Å². The fourth-order valence-electron chi connectivity index (χ4n) is 3.47. The number of nitrogens with one attached hydrogen (secondary N) is 1. The fourth-order valence-corrected chi connectivity index (χ4v) is 5.79. The molecule has 1 heterocycles. The lowest BCUT2D eigenvalue weighted by atomic mass is 10.1. The second-order valence-corrected chi connectivity index (χ2v) is 11.3. The Hall–Kier alpha value is -4.18. The lowest BCUT2D eigenvalue weighted by Gasteiger charge is -2.15. The van der Waals surface area contributed by atoms with Gasteiger partial charge in [-0.15, -0.1) is 11.3 Å². The standard InChI is InChI=1S/C28H22BrN3O6S2/c1-3-37-25-15-18(14-23(29)26(25)38-40(34,35)22-11-9-21(36-2)10-12-22)13-20(16-30)27(33)32-28-31-24(17-39-28)19-7-5-4-6-8-19/h4-15,17H,3H2,1-2H3,(H,31,32,33)/b20-13-. The third-order valence-corrected chi connectivity index (χ3v) is 7.93. The molecule has 0 unspecified atom stereocenters. The van der Waals surface area contributed by atoms with Gasteiger partial charge in [0.05, 0.1) is 23.9 Å². The monoisotopic (exact) mass is 639 g/mol. The maximum absolute atomic E-state index is 12.9. The van der Waals surface area contributed by atoms with E-state index in [0.717, 1.165) is 5.56 Å². The van der Waals surface area contributed by atoms with Gasteiger partial charge in [-0.3, -0.25) is 10.1 Å². The lowest BCUT2D eigenvalue weighted by Crippen LogP contribution is -2.13. The van der Waals surface area contributed by atoms with Crippen molar-refractivity contribution in [3.63, 3.8) is 0 Å². The van der Waals surface area contributed by atoms with Crippen LogP contribution in [0.3, 0.4) is 0 Å². The smallest absolute Gasteiger partial charge is 0.339 e. The SMILES string of the molecule is CCOc1cc(/C=C(/C#N)C(=O)Nc2nc(-c3ccccc3)cs2)cc(Br)c1OS(=O)(=O)c1ccc(OC)cc1. The summed E-state index contributed by atoms with van der Waals surface area (Å²) in [6.07, 6.45) is 1.36. The molecule has 12 heteroatoms. The van der Waals surface area contributed by atoms with E-state index in [-0.39, 0.29) is 33.0 Å². The van der Waals surface area contributed by atoms with Crippen molar-refractivity contribution >= 4 is 54.5 Å². The zero-order chi connectivity index (χ0) is 28.7. The van der Waals surface area contributed by atoms with Gasteiger partial charge in [0.1, 0.15) is 22.3 Å². The van der Waals surface area contributed by atoms with Gasteiger partial charge in [0.15, 0.2) is 16.6 Å². The summed E-state index contributed by atoms with van der Waals surface area (Å²) in [5, 5.41) is 14.5. The van der Waals surface area contributed by atoms with Crippen molar-refractivity contribution < 1.29 is 26.9 Å². The molecule has 0 saturated heterocycles. The van der Waals surface area contributed by atoms with Gasteiger partial charge in [-0.1, -0.05) is 30.3 Å². The molecule has 0 aliphatic heterocycles. The van der Waals surface area contributed by atoms with Crippen LogP contribution in [-0.4, -0.2) is 33.0 Å². The van der Waals surface area contributed by atoms with Crippen molar-refractivity contribution in [3.05, 3.63) is 87.7 Å². The summed E-state index contributed by atoms with van der Waals surface area (Å²) in [5.41, 5.74) is 1.82. The molecule has 40 heavy (non-hydrogen) atoms. The molecule has 0 atom stereocenters. The Morgan fingerprint density at radius 1 is 1.15 bits per heavy atom. The van der Waals surface area contributed by atoms with Crippen LogP contribution in [0.5, 0.6) is 17.2 Å². The highest BCUT2D eigenvalue weighted by atomic mass is 79.9. The Balaban J connectivity index is 1.58. The number of rotatable bonds is 10. The second-order valence-electron chi connectivity index (χ2n) is 8.00. The minimum atomic E-state index is -4.21. The zero-order valence-corrected chi connectivity index (χ0v) is 24.5. The highest BCUT2D eigenvalue weighted by Gasteiger charge is 2.23. The molecular formula is C28H22BrN3O6S2. The van der Waals surface area contributed by atoms with E-state index in [0.29, 0.717) is 22.1 Å². The van der Waals surface area contributed by atoms with Crippen LogP contribution in [0, 0.1) is 11.3 Å². The van der Waals surface area contributed by atoms with Crippen LogP contribution in [0.15, 0.2) is 87.1 Å². The number of aromatic nitrogens is 1. The van der Waals surface area contributed by atoms with Crippen molar-refractivity contribution in [1.29, 1.82) is 5.26 Å². The van der Waals surface area contributed by atoms with E-state index in [1.165, 1.54) is 60.9 Å². The minimum Gasteiger partial charge on any atom is -0.497 e. The molecule has 0 saturated carbocycles. The van der Waals surface area contributed by atoms with E-state index in [4.69, 9.17) is 13.7 Å². The topological polar surface area (TPSA) is 128 Å². The van der Waals surface area contributed by atoms with Gasteiger partial charge >= 0.3 is 10.1 Å². The van der Waals surface area contributed by atoms with Gasteiger partial charge in [-0.2, -0.15) is 13.7 Å². The Bertz CT molecular complexity index is 1700. The third kappa shape index (κ3) is 6.87.